The summed E-state index contributed by atoms with van der Waals surface area (Å²) < 4.78 is 5.71. The quantitative estimate of drug-likeness (QED) is 0.439. The molecular weight excluding hydrogens is 392 g/mol. The van der Waals surface area contributed by atoms with E-state index in [9.17, 15) is 14.9 Å². The smallest absolute Gasteiger partial charge is 0.273 e. The monoisotopic (exact) mass is 412 g/mol. The minimum absolute atomic E-state index is 0.0975. The van der Waals surface area contributed by atoms with Gasteiger partial charge in [0.05, 0.1) is 11.5 Å². The summed E-state index contributed by atoms with van der Waals surface area (Å²) in [6.45, 7) is 4.09. The standard InChI is InChI=1S/C20H20N4O4S/c1-3-14-7-9-15(10-8-14)28-12-11-18-22-23-20(29-18)21-19(25)16-5-4-6-17(13(16)2)24(26)27/h4-10H,3,11-12H2,1-2H3,(H,21,23,25). The van der Waals surface area contributed by atoms with Gasteiger partial charge in [-0.05, 0) is 37.1 Å². The second kappa shape index (κ2) is 9.24. The van der Waals surface area contributed by atoms with E-state index < -0.39 is 10.8 Å². The first-order chi connectivity index (χ1) is 14.0. The van der Waals surface area contributed by atoms with Crippen LogP contribution in [0.25, 0.3) is 0 Å². The summed E-state index contributed by atoms with van der Waals surface area (Å²) in [6, 6.07) is 12.3. The normalized spacial score (nSPS) is 10.6. The number of nitro groups is 1. The van der Waals surface area contributed by atoms with Gasteiger partial charge in [0.1, 0.15) is 10.8 Å². The van der Waals surface area contributed by atoms with Crippen molar-refractivity contribution in [3.8, 4) is 5.75 Å². The number of aryl methyl sites for hydroxylation is 1. The number of nitrogens with one attached hydrogen (secondary N) is 1. The van der Waals surface area contributed by atoms with Crippen molar-refractivity contribution in [1.29, 1.82) is 0 Å². The van der Waals surface area contributed by atoms with Crippen molar-refractivity contribution in [2.24, 2.45) is 0 Å². The molecule has 150 valence electrons. The van der Waals surface area contributed by atoms with E-state index in [0.717, 1.165) is 17.2 Å². The van der Waals surface area contributed by atoms with Crippen LogP contribution in [0.15, 0.2) is 42.5 Å². The Kier molecular flexibility index (Phi) is 6.50. The summed E-state index contributed by atoms with van der Waals surface area (Å²) in [6.07, 6.45) is 1.54. The third-order valence-electron chi connectivity index (χ3n) is 4.35. The van der Waals surface area contributed by atoms with Gasteiger partial charge in [0, 0.05) is 23.6 Å². The number of rotatable bonds is 8. The number of nitrogens with zero attached hydrogens (tertiary/aromatic N) is 3. The molecule has 0 bridgehead atoms. The van der Waals surface area contributed by atoms with Crippen molar-refractivity contribution in [3.05, 3.63) is 74.3 Å². The summed E-state index contributed by atoms with van der Waals surface area (Å²) >= 11 is 1.25. The number of hydrogen-bond acceptors (Lipinski definition) is 7. The Labute approximate surface area is 171 Å². The predicted molar refractivity (Wildman–Crippen MR) is 111 cm³/mol. The highest BCUT2D eigenvalue weighted by atomic mass is 32.1. The molecular formula is C20H20N4O4S. The second-order valence-corrected chi connectivity index (χ2v) is 7.32. The molecule has 8 nitrogen and oxygen atoms in total. The molecule has 0 spiro atoms. The van der Waals surface area contributed by atoms with Crippen LogP contribution < -0.4 is 10.1 Å². The molecule has 0 radical (unpaired) electrons. The van der Waals surface area contributed by atoms with Crippen molar-refractivity contribution < 1.29 is 14.5 Å². The van der Waals surface area contributed by atoms with Crippen LogP contribution in [0.1, 0.15) is 33.4 Å². The number of carbonyl (C=O) groups is 1. The lowest BCUT2D eigenvalue weighted by Gasteiger charge is -2.05. The van der Waals surface area contributed by atoms with Gasteiger partial charge in [0.25, 0.3) is 11.6 Å². The van der Waals surface area contributed by atoms with Crippen molar-refractivity contribution in [2.75, 3.05) is 11.9 Å². The van der Waals surface area contributed by atoms with Crippen molar-refractivity contribution in [1.82, 2.24) is 10.2 Å². The molecule has 0 fully saturated rings. The fraction of sp³-hybridized carbons (Fsp3) is 0.250. The highest BCUT2D eigenvalue weighted by Crippen LogP contribution is 2.23. The minimum atomic E-state index is -0.509. The molecule has 0 aliphatic carbocycles. The number of amides is 1. The minimum Gasteiger partial charge on any atom is -0.493 e. The van der Waals surface area contributed by atoms with Gasteiger partial charge in [-0.3, -0.25) is 20.2 Å². The van der Waals surface area contributed by atoms with Gasteiger partial charge in [-0.2, -0.15) is 0 Å². The SMILES string of the molecule is CCc1ccc(OCCc2nnc(NC(=O)c3cccc([N+](=O)[O-])c3C)s2)cc1. The van der Waals surface area contributed by atoms with Crippen LogP contribution in [0.4, 0.5) is 10.8 Å². The van der Waals surface area contributed by atoms with Crippen LogP contribution in [0, 0.1) is 17.0 Å². The molecule has 2 aromatic carbocycles. The average Bonchev–Trinajstić information content (AvgIpc) is 3.15. The number of anilines is 1. The fourth-order valence-corrected chi connectivity index (χ4v) is 3.43. The largest absolute Gasteiger partial charge is 0.493 e. The van der Waals surface area contributed by atoms with E-state index in [1.54, 1.807) is 6.92 Å². The van der Waals surface area contributed by atoms with E-state index >= 15 is 0 Å². The lowest BCUT2D eigenvalue weighted by Crippen LogP contribution is -2.14. The van der Waals surface area contributed by atoms with Gasteiger partial charge in [0.15, 0.2) is 0 Å². The maximum atomic E-state index is 12.5. The molecule has 0 unspecified atom stereocenters. The van der Waals surface area contributed by atoms with E-state index in [0.29, 0.717) is 23.7 Å². The summed E-state index contributed by atoms with van der Waals surface area (Å²) in [5, 5.41) is 22.8. The molecule has 3 aromatic rings. The summed E-state index contributed by atoms with van der Waals surface area (Å²) in [5.74, 6) is 0.336. The number of aromatic nitrogens is 2. The molecule has 1 amide bonds. The molecule has 0 aliphatic rings. The van der Waals surface area contributed by atoms with Gasteiger partial charge < -0.3 is 4.74 Å². The lowest BCUT2D eigenvalue weighted by molar-refractivity contribution is -0.385. The molecule has 0 saturated carbocycles. The van der Waals surface area contributed by atoms with Gasteiger partial charge in [0.2, 0.25) is 5.13 Å². The summed E-state index contributed by atoms with van der Waals surface area (Å²) in [4.78, 5) is 23.0. The van der Waals surface area contributed by atoms with Gasteiger partial charge >= 0.3 is 0 Å². The van der Waals surface area contributed by atoms with Crippen LogP contribution in [-0.2, 0) is 12.8 Å². The van der Waals surface area contributed by atoms with Crippen LogP contribution in [0.2, 0.25) is 0 Å². The van der Waals surface area contributed by atoms with Crippen LogP contribution in [0.3, 0.4) is 0 Å². The molecule has 1 N–H and O–H groups in total. The average molecular weight is 412 g/mol. The topological polar surface area (TPSA) is 107 Å². The first-order valence-electron chi connectivity index (χ1n) is 9.07. The first kappa shape index (κ1) is 20.4. The zero-order valence-corrected chi connectivity index (χ0v) is 16.9. The van der Waals surface area contributed by atoms with Crippen LogP contribution in [-0.4, -0.2) is 27.6 Å². The van der Waals surface area contributed by atoms with E-state index in [-0.39, 0.29) is 11.3 Å². The molecule has 1 heterocycles. The van der Waals surface area contributed by atoms with E-state index in [2.05, 4.69) is 22.4 Å². The van der Waals surface area contributed by atoms with Crippen molar-refractivity contribution >= 4 is 28.1 Å². The number of nitro benzene ring substituents is 1. The Morgan fingerprint density at radius 3 is 2.66 bits per heavy atom. The number of hydrogen-bond donors (Lipinski definition) is 1. The number of benzene rings is 2. The summed E-state index contributed by atoms with van der Waals surface area (Å²) in [5.41, 5.74) is 1.69. The fourth-order valence-electron chi connectivity index (χ4n) is 2.71. The van der Waals surface area contributed by atoms with Gasteiger partial charge in [-0.25, -0.2) is 0 Å². The first-order valence-corrected chi connectivity index (χ1v) is 9.89. The maximum Gasteiger partial charge on any atom is 0.273 e. The van der Waals surface area contributed by atoms with E-state index in [1.165, 1.54) is 35.1 Å². The molecule has 3 rings (SSSR count). The van der Waals surface area contributed by atoms with Crippen molar-refractivity contribution in [2.45, 2.75) is 26.7 Å². The third kappa shape index (κ3) is 5.14. The Morgan fingerprint density at radius 2 is 1.97 bits per heavy atom. The molecule has 9 heteroatoms. The molecule has 0 saturated heterocycles. The maximum absolute atomic E-state index is 12.5. The molecule has 29 heavy (non-hydrogen) atoms. The van der Waals surface area contributed by atoms with E-state index in [1.807, 2.05) is 24.3 Å². The number of ether oxygens (including phenoxy) is 1. The van der Waals surface area contributed by atoms with Gasteiger partial charge in [-0.15, -0.1) is 10.2 Å². The number of carbonyl (C=O) groups excluding carboxylic acids is 1. The Bertz CT molecular complexity index is 1020. The van der Waals surface area contributed by atoms with E-state index in [4.69, 9.17) is 4.74 Å². The zero-order chi connectivity index (χ0) is 20.8. The molecule has 1 aromatic heterocycles. The Balaban J connectivity index is 1.56. The highest BCUT2D eigenvalue weighted by Gasteiger charge is 2.19. The summed E-state index contributed by atoms with van der Waals surface area (Å²) in [7, 11) is 0. The lowest BCUT2D eigenvalue weighted by atomic mass is 10.1. The molecule has 0 atom stereocenters. The van der Waals surface area contributed by atoms with Crippen LogP contribution >= 0.6 is 11.3 Å². The predicted octanol–water partition coefficient (Wildman–Crippen LogP) is 4.19. The zero-order valence-electron chi connectivity index (χ0n) is 16.0. The Hall–Kier alpha value is -3.33. The van der Waals surface area contributed by atoms with Gasteiger partial charge in [-0.1, -0.05) is 36.5 Å². The third-order valence-corrected chi connectivity index (χ3v) is 5.25. The van der Waals surface area contributed by atoms with Crippen molar-refractivity contribution in [3.63, 3.8) is 0 Å². The molecule has 0 aliphatic heterocycles. The Morgan fingerprint density at radius 1 is 1.21 bits per heavy atom. The van der Waals surface area contributed by atoms with Crippen LogP contribution in [0.5, 0.6) is 5.75 Å². The second-order valence-electron chi connectivity index (χ2n) is 6.26. The highest BCUT2D eigenvalue weighted by molar-refractivity contribution is 7.15.